The summed E-state index contributed by atoms with van der Waals surface area (Å²) in [4.78, 5) is 72.6. The highest BCUT2D eigenvalue weighted by Gasteiger charge is 2.40. The van der Waals surface area contributed by atoms with E-state index in [4.69, 9.17) is 14.7 Å². The first-order valence-electron chi connectivity index (χ1n) is 19.5. The van der Waals surface area contributed by atoms with E-state index < -0.39 is 24.3 Å². The summed E-state index contributed by atoms with van der Waals surface area (Å²) in [7, 11) is 2.74. The van der Waals surface area contributed by atoms with E-state index in [0.29, 0.717) is 18.9 Å². The molecule has 0 unspecified atom stereocenters. The summed E-state index contributed by atoms with van der Waals surface area (Å²) in [6.45, 7) is 8.68. The Balaban J connectivity index is 1.07. The number of hydrogen-bond donors (Lipinski definition) is 4. The van der Waals surface area contributed by atoms with Crippen LogP contribution in [-0.2, 0) is 27.2 Å². The third-order valence-corrected chi connectivity index (χ3v) is 11.4. The number of aryl methyl sites for hydroxylation is 2. The highest BCUT2D eigenvalue weighted by atomic mass is 16.5. The molecule has 2 saturated heterocycles. The van der Waals surface area contributed by atoms with Crippen molar-refractivity contribution in [3.63, 3.8) is 0 Å². The van der Waals surface area contributed by atoms with Gasteiger partial charge in [-0.2, -0.15) is 0 Å². The summed E-state index contributed by atoms with van der Waals surface area (Å²) < 4.78 is 4.78. The molecule has 0 spiro atoms. The van der Waals surface area contributed by atoms with Gasteiger partial charge in [0, 0.05) is 42.5 Å². The third kappa shape index (κ3) is 7.42. The number of H-pyrrole nitrogens is 2. The Morgan fingerprint density at radius 2 is 1.52 bits per heavy atom. The van der Waals surface area contributed by atoms with Crippen molar-refractivity contribution in [2.24, 2.45) is 11.8 Å². The minimum atomic E-state index is -1.13. The molecule has 56 heavy (non-hydrogen) atoms. The topological polar surface area (TPSA) is 177 Å². The largest absolute Gasteiger partial charge is 0.465 e. The molecule has 4 aromatic rings. The highest BCUT2D eigenvalue weighted by molar-refractivity contribution is 5.87. The Bertz CT molecular complexity index is 2230. The fourth-order valence-electron chi connectivity index (χ4n) is 8.46. The number of alkyl carbamates (subject to hydrolysis) is 1. The molecule has 0 radical (unpaired) electrons. The number of nitrogens with zero attached hydrogens (tertiary/aromatic N) is 5. The number of benzene rings is 2. The SMILES string of the molecule is COC(=O)N[C@H](C(=O)N1CCC[C@H]1c1nc2c([nH]1)CCc1cc(C#Cc3ccc4nc([C@@H]5CCCN5C(=O)[C@H](C(C)C)N(C)C(=O)O)[nH]c4c3)ccc1-2)C(C)C. The van der Waals surface area contributed by atoms with Gasteiger partial charge in [-0.15, -0.1) is 0 Å². The van der Waals surface area contributed by atoms with Crippen LogP contribution in [0.25, 0.3) is 22.3 Å². The molecule has 2 aromatic heterocycles. The van der Waals surface area contributed by atoms with Crippen LogP contribution in [0.1, 0.15) is 99.5 Å². The molecular formula is C42H50N8O6. The predicted octanol–water partition coefficient (Wildman–Crippen LogP) is 5.79. The Morgan fingerprint density at radius 3 is 2.16 bits per heavy atom. The first kappa shape index (κ1) is 38.4. The predicted molar refractivity (Wildman–Crippen MR) is 209 cm³/mol. The van der Waals surface area contributed by atoms with Crippen molar-refractivity contribution < 1.29 is 29.0 Å². The van der Waals surface area contributed by atoms with Crippen LogP contribution in [0.5, 0.6) is 0 Å². The minimum Gasteiger partial charge on any atom is -0.465 e. The van der Waals surface area contributed by atoms with Gasteiger partial charge in [-0.05, 0) is 86.3 Å². The van der Waals surface area contributed by atoms with Gasteiger partial charge in [0.25, 0.3) is 0 Å². The molecule has 4 N–H and O–H groups in total. The molecule has 0 bridgehead atoms. The van der Waals surface area contributed by atoms with E-state index in [0.717, 1.165) is 88.4 Å². The van der Waals surface area contributed by atoms with Crippen LogP contribution in [-0.4, -0.2) is 103 Å². The van der Waals surface area contributed by atoms with E-state index in [1.807, 2.05) is 56.9 Å². The molecule has 14 heteroatoms. The van der Waals surface area contributed by atoms with Gasteiger partial charge in [0.05, 0.1) is 35.9 Å². The van der Waals surface area contributed by atoms with Crippen molar-refractivity contribution in [3.05, 3.63) is 70.4 Å². The van der Waals surface area contributed by atoms with E-state index in [9.17, 15) is 24.3 Å². The molecule has 2 fully saturated rings. The van der Waals surface area contributed by atoms with Crippen molar-refractivity contribution in [1.82, 2.24) is 40.0 Å². The van der Waals surface area contributed by atoms with Crippen LogP contribution in [0.15, 0.2) is 36.4 Å². The summed E-state index contributed by atoms with van der Waals surface area (Å²) >= 11 is 0. The molecule has 4 heterocycles. The summed E-state index contributed by atoms with van der Waals surface area (Å²) in [5.74, 6) is 7.48. The maximum atomic E-state index is 13.7. The number of hydrogen-bond acceptors (Lipinski definition) is 7. The molecule has 7 rings (SSSR count). The lowest BCUT2D eigenvalue weighted by Crippen LogP contribution is -2.51. The second kappa shape index (κ2) is 15.7. The molecule has 4 amide bonds. The first-order valence-corrected chi connectivity index (χ1v) is 19.5. The van der Waals surface area contributed by atoms with Gasteiger partial charge in [0.1, 0.15) is 23.7 Å². The molecule has 3 aliphatic rings. The number of ether oxygens (including phenoxy) is 1. The molecule has 14 nitrogen and oxygen atoms in total. The summed E-state index contributed by atoms with van der Waals surface area (Å²) in [5.41, 5.74) is 7.51. The fourth-order valence-corrected chi connectivity index (χ4v) is 8.46. The van der Waals surface area contributed by atoms with Crippen LogP contribution in [0.2, 0.25) is 0 Å². The van der Waals surface area contributed by atoms with E-state index in [2.05, 4.69) is 39.3 Å². The lowest BCUT2D eigenvalue weighted by Gasteiger charge is -2.33. The Kier molecular flexibility index (Phi) is 10.8. The number of methoxy groups -OCH3 is 1. The smallest absolute Gasteiger partial charge is 0.407 e. The zero-order valence-electron chi connectivity index (χ0n) is 32.8. The number of amides is 4. The number of likely N-dealkylation sites (tertiary alicyclic amines) is 2. The van der Waals surface area contributed by atoms with Gasteiger partial charge in [-0.25, -0.2) is 19.6 Å². The number of aromatic nitrogens is 4. The van der Waals surface area contributed by atoms with Gasteiger partial charge in [-0.3, -0.25) is 14.5 Å². The van der Waals surface area contributed by atoms with Crippen molar-refractivity contribution in [1.29, 1.82) is 0 Å². The van der Waals surface area contributed by atoms with E-state index in [-0.39, 0.29) is 35.7 Å². The maximum Gasteiger partial charge on any atom is 0.407 e. The van der Waals surface area contributed by atoms with Gasteiger partial charge in [0.15, 0.2) is 0 Å². The van der Waals surface area contributed by atoms with E-state index in [1.54, 1.807) is 4.90 Å². The number of nitrogens with one attached hydrogen (secondary N) is 3. The van der Waals surface area contributed by atoms with Crippen LogP contribution in [0.4, 0.5) is 9.59 Å². The van der Waals surface area contributed by atoms with Crippen LogP contribution >= 0.6 is 0 Å². The Labute approximate surface area is 326 Å². The standard InChI is InChI=1S/C42H50N8O6/c1-23(2)34(47-41(53)56-6)39(51)49-19-7-10-33(49)38-44-30-18-15-27-21-25(13-16-28(27)35(30)46-38)11-12-26-14-17-29-31(22-26)45-37(43-29)32-9-8-20-50(32)40(52)36(24(3)4)48(5)42(54)55/h13-14,16-17,21-24,32-34,36H,7-10,15,18-20H2,1-6H3,(H,43,45)(H,44,46)(H,47,53)(H,54,55)/t32-,33-,34-,36-/m0/s1. The Hall–Kier alpha value is -5.84. The van der Waals surface area contributed by atoms with Gasteiger partial charge >= 0.3 is 12.2 Å². The molecule has 2 aromatic carbocycles. The van der Waals surface area contributed by atoms with Gasteiger partial charge < -0.3 is 34.9 Å². The van der Waals surface area contributed by atoms with Crippen molar-refractivity contribution >= 4 is 35.0 Å². The summed E-state index contributed by atoms with van der Waals surface area (Å²) in [6, 6.07) is 10.1. The van der Waals surface area contributed by atoms with Crippen molar-refractivity contribution in [3.8, 4) is 23.1 Å². The van der Waals surface area contributed by atoms with E-state index >= 15 is 0 Å². The quantitative estimate of drug-likeness (QED) is 0.163. The first-order chi connectivity index (χ1) is 26.8. The third-order valence-electron chi connectivity index (χ3n) is 11.4. The number of rotatable bonds is 8. The monoisotopic (exact) mass is 762 g/mol. The van der Waals surface area contributed by atoms with Gasteiger partial charge in [0.2, 0.25) is 11.8 Å². The molecule has 294 valence electrons. The van der Waals surface area contributed by atoms with Gasteiger partial charge in [-0.1, -0.05) is 45.6 Å². The lowest BCUT2D eigenvalue weighted by atomic mass is 9.91. The minimum absolute atomic E-state index is 0.107. The zero-order chi connectivity index (χ0) is 39.8. The van der Waals surface area contributed by atoms with Crippen LogP contribution < -0.4 is 5.32 Å². The Morgan fingerprint density at radius 1 is 0.875 bits per heavy atom. The van der Waals surface area contributed by atoms with Crippen LogP contribution in [0, 0.1) is 23.7 Å². The summed E-state index contributed by atoms with van der Waals surface area (Å²) in [5, 5.41) is 12.3. The fraction of sp³-hybridized carbons (Fsp3) is 0.476. The second-order valence-electron chi connectivity index (χ2n) is 15.7. The molecule has 0 saturated carbocycles. The van der Waals surface area contributed by atoms with Crippen molar-refractivity contribution in [2.45, 2.75) is 90.4 Å². The maximum absolute atomic E-state index is 13.7. The number of carbonyl (C=O) groups excluding carboxylic acids is 3. The molecule has 4 atom stereocenters. The summed E-state index contributed by atoms with van der Waals surface area (Å²) in [6.07, 6.45) is 3.07. The average molecular weight is 763 g/mol. The number of carbonyl (C=O) groups is 4. The van der Waals surface area contributed by atoms with Crippen molar-refractivity contribution in [2.75, 3.05) is 27.2 Å². The highest BCUT2D eigenvalue weighted by Crippen LogP contribution is 2.38. The number of imidazole rings is 2. The number of likely N-dealkylation sites (N-methyl/N-ethyl adjacent to an activating group) is 1. The second-order valence-corrected chi connectivity index (χ2v) is 15.7. The number of carboxylic acid groups (broad SMARTS) is 1. The average Bonchev–Trinajstić information content (AvgIpc) is 4.00. The number of fused-ring (bicyclic) bond motifs is 4. The lowest BCUT2D eigenvalue weighted by molar-refractivity contribution is -0.138. The zero-order valence-corrected chi connectivity index (χ0v) is 32.8. The number of aromatic amines is 2. The molecular weight excluding hydrogens is 713 g/mol. The van der Waals surface area contributed by atoms with Crippen LogP contribution in [0.3, 0.4) is 0 Å². The normalized spacial score (nSPS) is 18.6. The molecule has 1 aliphatic carbocycles. The van der Waals surface area contributed by atoms with E-state index in [1.165, 1.54) is 19.7 Å². The molecule has 2 aliphatic heterocycles.